The molecule has 0 radical (unpaired) electrons. The highest BCUT2D eigenvalue weighted by Gasteiger charge is 2.10. The summed E-state index contributed by atoms with van der Waals surface area (Å²) in [5.41, 5.74) is 3.65. The molecule has 0 atom stereocenters. The molecule has 150 valence electrons. The fraction of sp³-hybridized carbons (Fsp3) is 0.120. The van der Waals surface area contributed by atoms with Crippen molar-refractivity contribution in [1.29, 1.82) is 0 Å². The zero-order valence-electron chi connectivity index (χ0n) is 16.6. The Bertz CT molecular complexity index is 1240. The van der Waals surface area contributed by atoms with E-state index in [0.29, 0.717) is 11.3 Å². The van der Waals surface area contributed by atoms with Crippen molar-refractivity contribution in [3.8, 4) is 16.9 Å². The van der Waals surface area contributed by atoms with Crippen molar-refractivity contribution >= 4 is 22.6 Å². The molecule has 1 amide bonds. The van der Waals surface area contributed by atoms with Crippen LogP contribution in [0.25, 0.3) is 22.1 Å². The third-order valence-corrected chi connectivity index (χ3v) is 4.84. The molecule has 0 fully saturated rings. The number of rotatable bonds is 6. The first-order valence-corrected chi connectivity index (χ1v) is 9.78. The third kappa shape index (κ3) is 4.25. The number of hydrogen-bond donors (Lipinski definition) is 1. The van der Waals surface area contributed by atoms with E-state index >= 15 is 0 Å². The Morgan fingerprint density at radius 2 is 1.73 bits per heavy atom. The van der Waals surface area contributed by atoms with Crippen LogP contribution < -0.4 is 15.7 Å². The summed E-state index contributed by atoms with van der Waals surface area (Å²) in [6, 6.07) is 24.2. The van der Waals surface area contributed by atoms with Gasteiger partial charge in [-0.05, 0) is 35.7 Å². The zero-order valence-corrected chi connectivity index (χ0v) is 16.6. The summed E-state index contributed by atoms with van der Waals surface area (Å²) < 4.78 is 10.9. The minimum absolute atomic E-state index is 0.160. The Morgan fingerprint density at radius 3 is 2.53 bits per heavy atom. The molecule has 1 heterocycles. The number of ether oxygens (including phenoxy) is 1. The topological polar surface area (TPSA) is 68.5 Å². The molecule has 0 unspecified atom stereocenters. The summed E-state index contributed by atoms with van der Waals surface area (Å²) in [5.74, 6) is 0.188. The molecule has 0 aliphatic carbocycles. The SMILES string of the molecule is CCc1cc(=O)oc2cc(OCC(=O)Nc3ccccc3-c3ccccc3)ccc12. The van der Waals surface area contributed by atoms with Crippen LogP contribution in [0.2, 0.25) is 0 Å². The van der Waals surface area contributed by atoms with E-state index in [2.05, 4.69) is 5.32 Å². The van der Waals surface area contributed by atoms with Gasteiger partial charge in [-0.15, -0.1) is 0 Å². The van der Waals surface area contributed by atoms with Crippen molar-refractivity contribution in [2.45, 2.75) is 13.3 Å². The number of benzene rings is 3. The predicted octanol–water partition coefficient (Wildman–Crippen LogP) is 5.04. The molecule has 5 heteroatoms. The molecule has 0 aliphatic rings. The third-order valence-electron chi connectivity index (χ3n) is 4.84. The molecular formula is C25H21NO4. The zero-order chi connectivity index (χ0) is 20.9. The van der Waals surface area contributed by atoms with Crippen molar-refractivity contribution in [3.05, 3.63) is 94.8 Å². The van der Waals surface area contributed by atoms with Crippen LogP contribution in [-0.2, 0) is 11.2 Å². The average molecular weight is 399 g/mol. The standard InChI is InChI=1S/C25H21NO4/c1-2-17-14-25(28)30-23-15-19(12-13-21(17)23)29-16-24(27)26-22-11-7-6-10-20(22)18-8-4-3-5-9-18/h3-15H,2,16H2,1H3,(H,26,27). The van der Waals surface area contributed by atoms with Gasteiger partial charge in [0.05, 0.1) is 0 Å². The molecule has 0 spiro atoms. The first-order chi connectivity index (χ1) is 14.6. The fourth-order valence-corrected chi connectivity index (χ4v) is 3.39. The molecule has 0 bridgehead atoms. The second kappa shape index (κ2) is 8.66. The van der Waals surface area contributed by atoms with Crippen LogP contribution in [0.3, 0.4) is 0 Å². The summed E-state index contributed by atoms with van der Waals surface area (Å²) in [6.45, 7) is 1.82. The van der Waals surface area contributed by atoms with Crippen LogP contribution in [0.15, 0.2) is 88.1 Å². The number of hydrogen-bond acceptors (Lipinski definition) is 4. The van der Waals surface area contributed by atoms with Gasteiger partial charge in [0.15, 0.2) is 6.61 Å². The molecule has 1 aromatic heterocycles. The normalized spacial score (nSPS) is 10.7. The molecule has 0 saturated heterocycles. The molecule has 1 N–H and O–H groups in total. The largest absolute Gasteiger partial charge is 0.484 e. The minimum atomic E-state index is -0.397. The number of anilines is 1. The second-order valence-electron chi connectivity index (χ2n) is 6.85. The molecule has 5 nitrogen and oxygen atoms in total. The van der Waals surface area contributed by atoms with E-state index in [1.807, 2.05) is 67.6 Å². The van der Waals surface area contributed by atoms with Crippen LogP contribution in [0, 0.1) is 0 Å². The lowest BCUT2D eigenvalue weighted by Crippen LogP contribution is -2.20. The van der Waals surface area contributed by atoms with Gasteiger partial charge in [0, 0.05) is 28.8 Å². The van der Waals surface area contributed by atoms with Crippen molar-refractivity contribution < 1.29 is 13.9 Å². The monoisotopic (exact) mass is 399 g/mol. The highest BCUT2D eigenvalue weighted by atomic mass is 16.5. The van der Waals surface area contributed by atoms with E-state index in [1.54, 1.807) is 12.1 Å². The van der Waals surface area contributed by atoms with Crippen LogP contribution in [0.5, 0.6) is 5.75 Å². The summed E-state index contributed by atoms with van der Waals surface area (Å²) in [6.07, 6.45) is 0.728. The van der Waals surface area contributed by atoms with Gasteiger partial charge in [0.1, 0.15) is 11.3 Å². The van der Waals surface area contributed by atoms with Crippen molar-refractivity contribution in [3.63, 3.8) is 0 Å². The predicted molar refractivity (Wildman–Crippen MR) is 118 cm³/mol. The van der Waals surface area contributed by atoms with Crippen molar-refractivity contribution in [1.82, 2.24) is 0 Å². The van der Waals surface area contributed by atoms with Crippen molar-refractivity contribution in [2.75, 3.05) is 11.9 Å². The number of carbonyl (C=O) groups excluding carboxylic acids is 1. The van der Waals surface area contributed by atoms with Gasteiger partial charge in [-0.2, -0.15) is 0 Å². The van der Waals surface area contributed by atoms with E-state index in [-0.39, 0.29) is 12.5 Å². The number of amides is 1. The van der Waals surface area contributed by atoms with Crippen molar-refractivity contribution in [2.24, 2.45) is 0 Å². The number of para-hydroxylation sites is 1. The number of fused-ring (bicyclic) bond motifs is 1. The van der Waals surface area contributed by atoms with Crippen LogP contribution in [-0.4, -0.2) is 12.5 Å². The molecule has 4 aromatic rings. The maximum atomic E-state index is 12.5. The summed E-state index contributed by atoms with van der Waals surface area (Å²) in [5, 5.41) is 3.77. The summed E-state index contributed by atoms with van der Waals surface area (Å²) in [4.78, 5) is 24.2. The van der Waals surface area contributed by atoms with Crippen LogP contribution >= 0.6 is 0 Å². The molecule has 0 aliphatic heterocycles. The summed E-state index contributed by atoms with van der Waals surface area (Å²) in [7, 11) is 0. The second-order valence-corrected chi connectivity index (χ2v) is 6.85. The fourth-order valence-electron chi connectivity index (χ4n) is 3.39. The minimum Gasteiger partial charge on any atom is -0.484 e. The van der Waals surface area contributed by atoms with Crippen LogP contribution in [0.4, 0.5) is 5.69 Å². The summed E-state index contributed by atoms with van der Waals surface area (Å²) >= 11 is 0. The molecule has 30 heavy (non-hydrogen) atoms. The lowest BCUT2D eigenvalue weighted by Gasteiger charge is -2.12. The molecule has 3 aromatic carbocycles. The van der Waals surface area contributed by atoms with E-state index < -0.39 is 5.63 Å². The Balaban J connectivity index is 1.48. The molecular weight excluding hydrogens is 378 g/mol. The maximum Gasteiger partial charge on any atom is 0.336 e. The lowest BCUT2D eigenvalue weighted by molar-refractivity contribution is -0.118. The molecule has 4 rings (SSSR count). The van der Waals surface area contributed by atoms with E-state index in [1.165, 1.54) is 6.07 Å². The van der Waals surface area contributed by atoms with E-state index in [4.69, 9.17) is 9.15 Å². The first kappa shape index (κ1) is 19.5. The Hall–Kier alpha value is -3.86. The Labute approximate surface area is 173 Å². The Morgan fingerprint density at radius 1 is 0.967 bits per heavy atom. The highest BCUT2D eigenvalue weighted by Crippen LogP contribution is 2.27. The Kier molecular flexibility index (Phi) is 5.61. The number of aryl methyl sites for hydroxylation is 1. The van der Waals surface area contributed by atoms with Crippen LogP contribution in [0.1, 0.15) is 12.5 Å². The average Bonchev–Trinajstić information content (AvgIpc) is 2.77. The first-order valence-electron chi connectivity index (χ1n) is 9.78. The van der Waals surface area contributed by atoms with Gasteiger partial charge in [0.2, 0.25) is 0 Å². The van der Waals surface area contributed by atoms with Gasteiger partial charge < -0.3 is 14.5 Å². The quantitative estimate of drug-likeness (QED) is 0.461. The molecule has 0 saturated carbocycles. The maximum absolute atomic E-state index is 12.5. The smallest absolute Gasteiger partial charge is 0.336 e. The van der Waals surface area contributed by atoms with Gasteiger partial charge >= 0.3 is 5.63 Å². The van der Waals surface area contributed by atoms with Gasteiger partial charge in [-0.3, -0.25) is 4.79 Å². The van der Waals surface area contributed by atoms with Gasteiger partial charge in [0.25, 0.3) is 5.91 Å². The highest BCUT2D eigenvalue weighted by molar-refractivity contribution is 5.96. The number of nitrogens with one attached hydrogen (secondary N) is 1. The van der Waals surface area contributed by atoms with E-state index in [9.17, 15) is 9.59 Å². The lowest BCUT2D eigenvalue weighted by atomic mass is 10.0. The number of carbonyl (C=O) groups is 1. The van der Waals surface area contributed by atoms with Gasteiger partial charge in [-0.1, -0.05) is 55.5 Å². The van der Waals surface area contributed by atoms with Gasteiger partial charge in [-0.25, -0.2) is 4.79 Å². The van der Waals surface area contributed by atoms with E-state index in [0.717, 1.165) is 34.2 Å².